The van der Waals surface area contributed by atoms with Crippen LogP contribution in [0, 0.1) is 5.82 Å². The van der Waals surface area contributed by atoms with Gasteiger partial charge in [-0.15, -0.1) is 0 Å². The zero-order chi connectivity index (χ0) is 30.0. The van der Waals surface area contributed by atoms with Gasteiger partial charge in [-0.25, -0.2) is 12.8 Å². The summed E-state index contributed by atoms with van der Waals surface area (Å²) < 4.78 is 40.0. The van der Waals surface area contributed by atoms with Crippen LogP contribution in [0.2, 0.25) is 5.02 Å². The topological polar surface area (TPSA) is 86.8 Å². The molecule has 0 aromatic heterocycles. The molecule has 2 atom stereocenters. The molecule has 3 aromatic rings. The molecule has 0 saturated carbocycles. The Labute approximate surface area is 247 Å². The molecule has 3 rings (SSSR count). The van der Waals surface area contributed by atoms with Gasteiger partial charge in [-0.3, -0.25) is 13.9 Å². The summed E-state index contributed by atoms with van der Waals surface area (Å²) in [5.41, 5.74) is 1.97. The van der Waals surface area contributed by atoms with E-state index in [1.54, 1.807) is 36.4 Å². The molecule has 41 heavy (non-hydrogen) atoms. The number of carbonyl (C=O) groups is 2. The van der Waals surface area contributed by atoms with Crippen molar-refractivity contribution in [3.05, 3.63) is 101 Å². The molecule has 1 N–H and O–H groups in total. The number of benzene rings is 3. The smallest absolute Gasteiger partial charge is 0.243 e. The van der Waals surface area contributed by atoms with E-state index < -0.39 is 21.9 Å². The molecule has 10 heteroatoms. The van der Waals surface area contributed by atoms with E-state index in [0.717, 1.165) is 18.2 Å². The van der Waals surface area contributed by atoms with E-state index in [1.807, 2.05) is 44.2 Å². The van der Waals surface area contributed by atoms with Crippen LogP contribution >= 0.6 is 11.6 Å². The second kappa shape index (κ2) is 15.0. The van der Waals surface area contributed by atoms with Crippen molar-refractivity contribution in [1.29, 1.82) is 0 Å². The number of hydrogen-bond donors (Lipinski definition) is 1. The number of amides is 2. The summed E-state index contributed by atoms with van der Waals surface area (Å²) in [5.74, 6) is -0.992. The van der Waals surface area contributed by atoms with E-state index in [1.165, 1.54) is 21.3 Å². The van der Waals surface area contributed by atoms with Crippen LogP contribution in [0.5, 0.6) is 0 Å². The lowest BCUT2D eigenvalue weighted by molar-refractivity contribution is -0.141. The Bertz CT molecular complexity index is 1400. The van der Waals surface area contributed by atoms with E-state index in [0.29, 0.717) is 16.3 Å². The zero-order valence-corrected chi connectivity index (χ0v) is 25.2. The third-order valence-electron chi connectivity index (χ3n) is 6.79. The zero-order valence-electron chi connectivity index (χ0n) is 23.6. The van der Waals surface area contributed by atoms with Gasteiger partial charge in [0.25, 0.3) is 0 Å². The molecule has 2 amide bonds. The van der Waals surface area contributed by atoms with Crippen molar-refractivity contribution in [3.63, 3.8) is 0 Å². The lowest BCUT2D eigenvalue weighted by atomic mass is 10.0. The van der Waals surface area contributed by atoms with Crippen LogP contribution in [0.1, 0.15) is 44.2 Å². The van der Waals surface area contributed by atoms with Gasteiger partial charge in [0.05, 0.1) is 11.9 Å². The monoisotopic (exact) mass is 601 g/mol. The largest absolute Gasteiger partial charge is 0.352 e. The Morgan fingerprint density at radius 2 is 1.66 bits per heavy atom. The molecule has 0 radical (unpaired) electrons. The Morgan fingerprint density at radius 1 is 0.976 bits per heavy atom. The van der Waals surface area contributed by atoms with Crippen molar-refractivity contribution < 1.29 is 22.4 Å². The minimum atomic E-state index is -3.64. The Balaban J connectivity index is 1.89. The van der Waals surface area contributed by atoms with Gasteiger partial charge in [0.1, 0.15) is 11.9 Å². The Hall–Kier alpha value is -3.43. The molecule has 0 fully saturated rings. The summed E-state index contributed by atoms with van der Waals surface area (Å²) in [7, 11) is -3.64. The quantitative estimate of drug-likeness (QED) is 0.261. The first-order valence-electron chi connectivity index (χ1n) is 13.6. The normalized spacial score (nSPS) is 12.8. The summed E-state index contributed by atoms with van der Waals surface area (Å²) in [6.45, 7) is 4.01. The summed E-state index contributed by atoms with van der Waals surface area (Å²) in [6.07, 6.45) is 2.32. The van der Waals surface area contributed by atoms with Gasteiger partial charge in [0, 0.05) is 37.0 Å². The van der Waals surface area contributed by atoms with Crippen LogP contribution in [0.4, 0.5) is 10.1 Å². The summed E-state index contributed by atoms with van der Waals surface area (Å²) >= 11 is 6.09. The maximum Gasteiger partial charge on any atom is 0.243 e. The fraction of sp³-hybridized carbons (Fsp3) is 0.355. The SMILES string of the molecule is CCC(C)NC(=O)C(Cc1ccccc1)N(Cc1ccc(F)cc1)C(=O)CCCN(c1cccc(Cl)c1)S(C)(=O)=O. The standard InChI is InChI=1S/C31H37ClFN3O4S/c1-4-23(2)34-31(38)29(20-24-10-6-5-7-11-24)35(22-25-15-17-27(33)18-16-25)30(37)14-9-19-36(41(3,39)40)28-13-8-12-26(32)21-28/h5-8,10-13,15-18,21,23,29H,4,9,14,19-20,22H2,1-3H3,(H,34,38). The first kappa shape index (κ1) is 32.1. The maximum atomic E-state index is 13.8. The number of halogens is 2. The van der Waals surface area contributed by atoms with Gasteiger partial charge in [-0.05, 0) is 61.2 Å². The van der Waals surface area contributed by atoms with Crippen LogP contribution in [0.3, 0.4) is 0 Å². The van der Waals surface area contributed by atoms with Crippen molar-refractivity contribution in [3.8, 4) is 0 Å². The summed E-state index contributed by atoms with van der Waals surface area (Å²) in [4.78, 5) is 28.9. The molecule has 2 unspecified atom stereocenters. The van der Waals surface area contributed by atoms with Gasteiger partial charge in [-0.2, -0.15) is 0 Å². The minimum absolute atomic E-state index is 0.00428. The predicted molar refractivity (Wildman–Crippen MR) is 162 cm³/mol. The third kappa shape index (κ3) is 9.86. The molecule has 0 bridgehead atoms. The van der Waals surface area contributed by atoms with Crippen molar-refractivity contribution in [2.75, 3.05) is 17.1 Å². The number of nitrogens with zero attached hydrogens (tertiary/aromatic N) is 2. The lowest BCUT2D eigenvalue weighted by Gasteiger charge is -2.32. The van der Waals surface area contributed by atoms with Crippen molar-refractivity contribution >= 4 is 39.1 Å². The molecule has 3 aromatic carbocycles. The fourth-order valence-electron chi connectivity index (χ4n) is 4.42. The highest BCUT2D eigenvalue weighted by Crippen LogP contribution is 2.23. The van der Waals surface area contributed by atoms with Crippen LogP contribution in [0.25, 0.3) is 0 Å². The molecule has 0 aliphatic carbocycles. The summed E-state index contributed by atoms with van der Waals surface area (Å²) in [5, 5.41) is 3.41. The molecule has 220 valence electrons. The minimum Gasteiger partial charge on any atom is -0.352 e. The van der Waals surface area contributed by atoms with E-state index in [-0.39, 0.29) is 50.2 Å². The highest BCUT2D eigenvalue weighted by atomic mass is 35.5. The van der Waals surface area contributed by atoms with E-state index in [2.05, 4.69) is 5.32 Å². The molecule has 0 heterocycles. The van der Waals surface area contributed by atoms with E-state index in [4.69, 9.17) is 11.6 Å². The Morgan fingerprint density at radius 3 is 2.27 bits per heavy atom. The Kier molecular flexibility index (Phi) is 11.7. The van der Waals surface area contributed by atoms with E-state index in [9.17, 15) is 22.4 Å². The average molecular weight is 602 g/mol. The van der Waals surface area contributed by atoms with Crippen LogP contribution in [-0.2, 0) is 32.6 Å². The first-order chi connectivity index (χ1) is 19.5. The van der Waals surface area contributed by atoms with Gasteiger partial charge >= 0.3 is 0 Å². The summed E-state index contributed by atoms with van der Waals surface area (Å²) in [6, 6.07) is 20.8. The molecular weight excluding hydrogens is 565 g/mol. The van der Waals surface area contributed by atoms with Crippen LogP contribution in [0.15, 0.2) is 78.9 Å². The lowest BCUT2D eigenvalue weighted by Crippen LogP contribution is -2.52. The van der Waals surface area contributed by atoms with Crippen LogP contribution < -0.4 is 9.62 Å². The van der Waals surface area contributed by atoms with Crippen molar-refractivity contribution in [1.82, 2.24) is 10.2 Å². The number of nitrogens with one attached hydrogen (secondary N) is 1. The van der Waals surface area contributed by atoms with E-state index >= 15 is 0 Å². The number of carbonyl (C=O) groups excluding carboxylic acids is 2. The second-order valence-electron chi connectivity index (χ2n) is 10.1. The first-order valence-corrected chi connectivity index (χ1v) is 15.8. The second-order valence-corrected chi connectivity index (χ2v) is 12.4. The predicted octanol–water partition coefficient (Wildman–Crippen LogP) is 5.58. The van der Waals surface area contributed by atoms with Gasteiger partial charge in [0.15, 0.2) is 0 Å². The number of rotatable bonds is 14. The number of anilines is 1. The van der Waals surface area contributed by atoms with Gasteiger partial charge < -0.3 is 10.2 Å². The van der Waals surface area contributed by atoms with Gasteiger partial charge in [0.2, 0.25) is 21.8 Å². The van der Waals surface area contributed by atoms with Crippen molar-refractivity contribution in [2.24, 2.45) is 0 Å². The molecule has 0 saturated heterocycles. The van der Waals surface area contributed by atoms with Crippen molar-refractivity contribution in [2.45, 2.75) is 58.2 Å². The maximum absolute atomic E-state index is 13.8. The highest BCUT2D eigenvalue weighted by molar-refractivity contribution is 7.92. The highest BCUT2D eigenvalue weighted by Gasteiger charge is 2.31. The number of hydrogen-bond acceptors (Lipinski definition) is 4. The average Bonchev–Trinajstić information content (AvgIpc) is 2.93. The fourth-order valence-corrected chi connectivity index (χ4v) is 5.56. The molecule has 0 spiro atoms. The molecular formula is C31H37ClFN3O4S. The van der Waals surface area contributed by atoms with Crippen LogP contribution in [-0.4, -0.2) is 50.0 Å². The molecule has 0 aliphatic heterocycles. The molecule has 0 aliphatic rings. The third-order valence-corrected chi connectivity index (χ3v) is 8.22. The van der Waals surface area contributed by atoms with Gasteiger partial charge in [-0.1, -0.05) is 67.1 Å². The number of sulfonamides is 1. The molecule has 7 nitrogen and oxygen atoms in total.